The Morgan fingerprint density at radius 3 is 2.67 bits per heavy atom. The summed E-state index contributed by atoms with van der Waals surface area (Å²) in [5.41, 5.74) is 4.81. The molecule has 2 rings (SSSR count). The molecule has 7 heteroatoms. The van der Waals surface area contributed by atoms with Gasteiger partial charge in [-0.3, -0.25) is 4.79 Å². The normalized spacial score (nSPS) is 10.7. The largest absolute Gasteiger partial charge is 0.493 e. The van der Waals surface area contributed by atoms with Gasteiger partial charge in [-0.15, -0.1) is 6.58 Å². The van der Waals surface area contributed by atoms with Crippen LogP contribution in [0.15, 0.2) is 48.1 Å². The van der Waals surface area contributed by atoms with Crippen LogP contribution < -0.4 is 14.9 Å². The first kappa shape index (κ1) is 20.8. The third-order valence-electron chi connectivity index (χ3n) is 3.56. The second-order valence-corrected chi connectivity index (χ2v) is 6.50. The highest BCUT2D eigenvalue weighted by Crippen LogP contribution is 2.34. The lowest BCUT2D eigenvalue weighted by molar-refractivity contribution is -0.118. The Labute approximate surface area is 168 Å². The number of methoxy groups -OCH3 is 1. The van der Waals surface area contributed by atoms with Gasteiger partial charge in [-0.25, -0.2) is 5.43 Å². The van der Waals surface area contributed by atoms with Crippen molar-refractivity contribution in [3.8, 4) is 11.5 Å². The summed E-state index contributed by atoms with van der Waals surface area (Å²) in [7, 11) is 1.56. The standard InChI is InChI=1S/C20H20Cl2N2O3/c1-4-5-15-8-14(11-23-24-13(2)25)9-19(26-3)20(15)27-12-16-6-7-17(21)10-18(16)22/h4,6-11H,1,5,12H2,2-3H3,(H,24,25). The molecule has 5 nitrogen and oxygen atoms in total. The smallest absolute Gasteiger partial charge is 0.236 e. The second kappa shape index (κ2) is 10.00. The Bertz CT molecular complexity index is 867. The maximum Gasteiger partial charge on any atom is 0.236 e. The minimum atomic E-state index is -0.246. The number of hydrazone groups is 1. The van der Waals surface area contributed by atoms with Crippen LogP contribution in [0.4, 0.5) is 0 Å². The van der Waals surface area contributed by atoms with Crippen LogP contribution in [0, 0.1) is 0 Å². The fraction of sp³-hybridized carbons (Fsp3) is 0.200. The van der Waals surface area contributed by atoms with Gasteiger partial charge < -0.3 is 9.47 Å². The molecule has 0 spiro atoms. The van der Waals surface area contributed by atoms with Crippen LogP contribution in [0.2, 0.25) is 10.0 Å². The summed E-state index contributed by atoms with van der Waals surface area (Å²) in [6, 6.07) is 8.92. The van der Waals surface area contributed by atoms with Gasteiger partial charge in [0.1, 0.15) is 6.61 Å². The van der Waals surface area contributed by atoms with Gasteiger partial charge in [-0.05, 0) is 36.2 Å². The van der Waals surface area contributed by atoms with Gasteiger partial charge >= 0.3 is 0 Å². The summed E-state index contributed by atoms with van der Waals surface area (Å²) >= 11 is 12.1. The fourth-order valence-electron chi connectivity index (χ4n) is 2.37. The van der Waals surface area contributed by atoms with Crippen molar-refractivity contribution in [2.75, 3.05) is 7.11 Å². The molecule has 0 aliphatic carbocycles. The number of nitrogens with one attached hydrogen (secondary N) is 1. The van der Waals surface area contributed by atoms with Crippen molar-refractivity contribution in [2.24, 2.45) is 5.10 Å². The van der Waals surface area contributed by atoms with Gasteiger partial charge in [0.15, 0.2) is 11.5 Å². The average molecular weight is 407 g/mol. The second-order valence-electron chi connectivity index (χ2n) is 5.65. The number of rotatable bonds is 8. The number of hydrogen-bond donors (Lipinski definition) is 1. The quantitative estimate of drug-likeness (QED) is 0.389. The highest BCUT2D eigenvalue weighted by Gasteiger charge is 2.13. The van der Waals surface area contributed by atoms with Crippen molar-refractivity contribution >= 4 is 35.3 Å². The number of nitrogens with zero attached hydrogens (tertiary/aromatic N) is 1. The van der Waals surface area contributed by atoms with Gasteiger partial charge in [-0.1, -0.05) is 35.3 Å². The number of benzene rings is 2. The fourth-order valence-corrected chi connectivity index (χ4v) is 2.83. The lowest BCUT2D eigenvalue weighted by Gasteiger charge is -2.16. The molecule has 0 heterocycles. The van der Waals surface area contributed by atoms with E-state index in [9.17, 15) is 4.79 Å². The van der Waals surface area contributed by atoms with E-state index in [2.05, 4.69) is 17.1 Å². The lowest BCUT2D eigenvalue weighted by atomic mass is 10.1. The van der Waals surface area contributed by atoms with Crippen LogP contribution in [0.5, 0.6) is 11.5 Å². The van der Waals surface area contributed by atoms with Crippen LogP contribution in [-0.2, 0) is 17.8 Å². The lowest BCUT2D eigenvalue weighted by Crippen LogP contribution is -2.12. The molecule has 0 atom stereocenters. The Balaban J connectivity index is 2.31. The average Bonchev–Trinajstić information content (AvgIpc) is 2.61. The predicted octanol–water partition coefficient (Wildman–Crippen LogP) is 4.78. The van der Waals surface area contributed by atoms with Gasteiger partial charge in [0.2, 0.25) is 5.91 Å². The van der Waals surface area contributed by atoms with E-state index in [1.54, 1.807) is 31.4 Å². The summed E-state index contributed by atoms with van der Waals surface area (Å²) in [6.45, 7) is 5.44. The zero-order chi connectivity index (χ0) is 19.8. The van der Waals surface area contributed by atoms with E-state index in [1.165, 1.54) is 13.1 Å². The molecule has 1 N–H and O–H groups in total. The van der Waals surface area contributed by atoms with E-state index in [-0.39, 0.29) is 12.5 Å². The van der Waals surface area contributed by atoms with Crippen molar-refractivity contribution < 1.29 is 14.3 Å². The van der Waals surface area contributed by atoms with Crippen molar-refractivity contribution in [1.29, 1.82) is 0 Å². The van der Waals surface area contributed by atoms with E-state index >= 15 is 0 Å². The highest BCUT2D eigenvalue weighted by molar-refractivity contribution is 6.35. The SMILES string of the molecule is C=CCc1cc(C=NNC(C)=O)cc(OC)c1OCc1ccc(Cl)cc1Cl. The highest BCUT2D eigenvalue weighted by atomic mass is 35.5. The molecular weight excluding hydrogens is 387 g/mol. The first-order chi connectivity index (χ1) is 12.9. The molecule has 0 fully saturated rings. The minimum Gasteiger partial charge on any atom is -0.493 e. The Hall–Kier alpha value is -2.50. The number of amides is 1. The van der Waals surface area contributed by atoms with Crippen molar-refractivity contribution in [2.45, 2.75) is 20.0 Å². The van der Waals surface area contributed by atoms with Crippen molar-refractivity contribution in [3.63, 3.8) is 0 Å². The third kappa shape index (κ3) is 6.01. The van der Waals surface area contributed by atoms with E-state index < -0.39 is 0 Å². The molecule has 0 saturated carbocycles. The zero-order valence-electron chi connectivity index (χ0n) is 15.1. The number of halogens is 2. The molecule has 1 amide bonds. The number of allylic oxidation sites excluding steroid dienone is 1. The van der Waals surface area contributed by atoms with Crippen LogP contribution in [0.1, 0.15) is 23.6 Å². The monoisotopic (exact) mass is 406 g/mol. The number of carbonyl (C=O) groups excluding carboxylic acids is 1. The molecule has 2 aromatic rings. The van der Waals surface area contributed by atoms with Crippen LogP contribution in [0.3, 0.4) is 0 Å². The molecule has 0 radical (unpaired) electrons. The molecule has 27 heavy (non-hydrogen) atoms. The topological polar surface area (TPSA) is 59.9 Å². The van der Waals surface area contributed by atoms with Crippen molar-refractivity contribution in [1.82, 2.24) is 5.43 Å². The third-order valence-corrected chi connectivity index (χ3v) is 4.15. The van der Waals surface area contributed by atoms with Crippen LogP contribution in [0.25, 0.3) is 0 Å². The summed E-state index contributed by atoms with van der Waals surface area (Å²) in [6.07, 6.45) is 3.88. The molecule has 142 valence electrons. The minimum absolute atomic E-state index is 0.246. The summed E-state index contributed by atoms with van der Waals surface area (Å²) < 4.78 is 11.5. The van der Waals surface area contributed by atoms with Crippen LogP contribution in [-0.4, -0.2) is 19.2 Å². The van der Waals surface area contributed by atoms with Gasteiger partial charge in [0, 0.05) is 28.1 Å². The van der Waals surface area contributed by atoms with E-state index in [0.29, 0.717) is 28.0 Å². The summed E-state index contributed by atoms with van der Waals surface area (Å²) in [4.78, 5) is 10.9. The maximum atomic E-state index is 10.9. The molecule has 0 bridgehead atoms. The number of ether oxygens (including phenoxy) is 2. The van der Waals surface area contributed by atoms with Crippen molar-refractivity contribution in [3.05, 3.63) is 69.7 Å². The molecule has 0 aliphatic heterocycles. The molecule has 0 aromatic heterocycles. The first-order valence-electron chi connectivity index (χ1n) is 8.12. The first-order valence-corrected chi connectivity index (χ1v) is 8.88. The Kier molecular flexibility index (Phi) is 7.70. The molecule has 0 aliphatic rings. The van der Waals surface area contributed by atoms with Gasteiger partial charge in [-0.2, -0.15) is 5.10 Å². The van der Waals surface area contributed by atoms with E-state index in [4.69, 9.17) is 32.7 Å². The predicted molar refractivity (Wildman–Crippen MR) is 109 cm³/mol. The van der Waals surface area contributed by atoms with E-state index in [1.807, 2.05) is 12.1 Å². The number of carbonyl (C=O) groups is 1. The van der Waals surface area contributed by atoms with E-state index in [0.717, 1.165) is 16.7 Å². The van der Waals surface area contributed by atoms with Crippen LogP contribution >= 0.6 is 23.2 Å². The molecular formula is C20H20Cl2N2O3. The summed E-state index contributed by atoms with van der Waals surface area (Å²) in [5, 5.41) is 4.98. The Morgan fingerprint density at radius 1 is 1.26 bits per heavy atom. The Morgan fingerprint density at radius 2 is 2.04 bits per heavy atom. The molecule has 2 aromatic carbocycles. The van der Waals surface area contributed by atoms with Gasteiger partial charge in [0.05, 0.1) is 13.3 Å². The zero-order valence-corrected chi connectivity index (χ0v) is 16.6. The maximum absolute atomic E-state index is 10.9. The summed E-state index contributed by atoms with van der Waals surface area (Å²) in [5.74, 6) is 0.896. The van der Waals surface area contributed by atoms with Gasteiger partial charge in [0.25, 0.3) is 0 Å². The number of hydrogen-bond acceptors (Lipinski definition) is 4. The molecule has 0 unspecified atom stereocenters. The molecule has 0 saturated heterocycles.